The molecule has 8 nitrogen and oxygen atoms in total. The first-order chi connectivity index (χ1) is 12.0. The second kappa shape index (κ2) is 7.10. The lowest BCUT2D eigenvalue weighted by Crippen LogP contribution is -2.34. The third-order valence-corrected chi connectivity index (χ3v) is 4.00. The van der Waals surface area contributed by atoms with Gasteiger partial charge in [-0.1, -0.05) is 13.8 Å². The van der Waals surface area contributed by atoms with Crippen molar-refractivity contribution < 1.29 is 5.11 Å². The summed E-state index contributed by atoms with van der Waals surface area (Å²) in [6.45, 7) is 6.54. The average Bonchev–Trinajstić information content (AvgIpc) is 3.04. The van der Waals surface area contributed by atoms with Gasteiger partial charge in [0.15, 0.2) is 5.65 Å². The van der Waals surface area contributed by atoms with Crippen LogP contribution in [0.25, 0.3) is 17.0 Å². The van der Waals surface area contributed by atoms with Crippen molar-refractivity contribution in [1.82, 2.24) is 29.7 Å². The number of nitrogens with zero attached hydrogens (tertiary/aromatic N) is 6. The molecular formula is C17H23N7O. The summed E-state index contributed by atoms with van der Waals surface area (Å²) in [5.41, 5.74) is -0.189. The van der Waals surface area contributed by atoms with Gasteiger partial charge in [0.2, 0.25) is 0 Å². The summed E-state index contributed by atoms with van der Waals surface area (Å²) < 4.78 is 1.57. The van der Waals surface area contributed by atoms with E-state index in [9.17, 15) is 5.11 Å². The van der Waals surface area contributed by atoms with E-state index in [-0.39, 0.29) is 0 Å². The predicted octanol–water partition coefficient (Wildman–Crippen LogP) is 2.20. The van der Waals surface area contributed by atoms with Crippen molar-refractivity contribution in [3.63, 3.8) is 0 Å². The van der Waals surface area contributed by atoms with Gasteiger partial charge in [-0.15, -0.1) is 0 Å². The second-order valence-corrected chi connectivity index (χ2v) is 6.85. The number of nitrogens with one attached hydrogen (secondary N) is 1. The van der Waals surface area contributed by atoms with Crippen LogP contribution in [0.3, 0.4) is 0 Å². The molecule has 0 aliphatic carbocycles. The molecule has 0 saturated carbocycles. The number of hydrogen-bond acceptors (Lipinski definition) is 7. The largest absolute Gasteiger partial charge is 0.388 e. The Morgan fingerprint density at radius 2 is 1.96 bits per heavy atom. The lowest BCUT2D eigenvalue weighted by atomic mass is 9.95. The monoisotopic (exact) mass is 341 g/mol. The van der Waals surface area contributed by atoms with Crippen molar-refractivity contribution in [2.45, 2.75) is 39.2 Å². The fourth-order valence-electron chi connectivity index (χ4n) is 2.49. The van der Waals surface area contributed by atoms with E-state index in [1.54, 1.807) is 29.3 Å². The molecule has 0 fully saturated rings. The van der Waals surface area contributed by atoms with Crippen LogP contribution in [-0.2, 0) is 0 Å². The van der Waals surface area contributed by atoms with Crippen molar-refractivity contribution in [2.24, 2.45) is 5.92 Å². The number of rotatable bonds is 7. The fourth-order valence-corrected chi connectivity index (χ4v) is 2.49. The van der Waals surface area contributed by atoms with Crippen LogP contribution in [0.1, 0.15) is 33.6 Å². The summed E-state index contributed by atoms with van der Waals surface area (Å²) in [7, 11) is 0. The molecule has 3 aromatic rings. The minimum Gasteiger partial charge on any atom is -0.388 e. The molecule has 25 heavy (non-hydrogen) atoms. The van der Waals surface area contributed by atoms with E-state index >= 15 is 0 Å². The Morgan fingerprint density at radius 3 is 2.68 bits per heavy atom. The number of aromatic nitrogens is 6. The molecule has 1 unspecified atom stereocenters. The summed E-state index contributed by atoms with van der Waals surface area (Å²) in [5, 5.41) is 18.8. The molecule has 0 saturated heterocycles. The fraction of sp³-hybridized carbons (Fsp3) is 0.471. The molecule has 0 amide bonds. The minimum absolute atomic E-state index is 0.402. The zero-order valence-corrected chi connectivity index (χ0v) is 14.7. The van der Waals surface area contributed by atoms with E-state index in [4.69, 9.17) is 0 Å². The number of anilines is 1. The second-order valence-electron chi connectivity index (χ2n) is 6.85. The van der Waals surface area contributed by atoms with E-state index in [0.29, 0.717) is 29.9 Å². The van der Waals surface area contributed by atoms with Crippen molar-refractivity contribution in [1.29, 1.82) is 0 Å². The van der Waals surface area contributed by atoms with Gasteiger partial charge in [-0.3, -0.25) is 0 Å². The molecule has 3 rings (SSSR count). The van der Waals surface area contributed by atoms with Gasteiger partial charge >= 0.3 is 0 Å². The maximum absolute atomic E-state index is 10.5. The number of aliphatic hydroxyl groups is 1. The molecule has 0 bridgehead atoms. The molecule has 0 radical (unpaired) electrons. The van der Waals surface area contributed by atoms with E-state index in [2.05, 4.69) is 44.2 Å². The van der Waals surface area contributed by atoms with Crippen molar-refractivity contribution in [3.8, 4) is 5.95 Å². The number of fused-ring (bicyclic) bond motifs is 1. The Hall–Kier alpha value is -2.61. The van der Waals surface area contributed by atoms with Crippen LogP contribution in [0, 0.1) is 5.92 Å². The molecule has 3 aromatic heterocycles. The van der Waals surface area contributed by atoms with Crippen LogP contribution in [0.4, 0.5) is 5.82 Å². The van der Waals surface area contributed by atoms with Crippen LogP contribution in [-0.4, -0.2) is 47.0 Å². The van der Waals surface area contributed by atoms with E-state index in [0.717, 1.165) is 18.2 Å². The van der Waals surface area contributed by atoms with Gasteiger partial charge in [-0.05, 0) is 31.7 Å². The quantitative estimate of drug-likeness (QED) is 0.679. The van der Waals surface area contributed by atoms with Gasteiger partial charge in [0, 0.05) is 18.9 Å². The van der Waals surface area contributed by atoms with E-state index in [1.807, 2.05) is 6.92 Å². The summed E-state index contributed by atoms with van der Waals surface area (Å²) >= 11 is 0. The van der Waals surface area contributed by atoms with Crippen LogP contribution in [0.2, 0.25) is 0 Å². The maximum Gasteiger partial charge on any atom is 0.252 e. The lowest BCUT2D eigenvalue weighted by molar-refractivity contribution is 0.0586. The Balaban J connectivity index is 1.80. The molecular weight excluding hydrogens is 318 g/mol. The Bertz CT molecular complexity index is 829. The average molecular weight is 341 g/mol. The minimum atomic E-state index is -0.805. The summed E-state index contributed by atoms with van der Waals surface area (Å²) in [5.74, 6) is 1.64. The topological polar surface area (TPSA) is 102 Å². The third-order valence-electron chi connectivity index (χ3n) is 4.00. The Morgan fingerprint density at radius 1 is 1.20 bits per heavy atom. The Labute approximate surface area is 146 Å². The summed E-state index contributed by atoms with van der Waals surface area (Å²) in [4.78, 5) is 17.0. The van der Waals surface area contributed by atoms with Crippen LogP contribution in [0.5, 0.6) is 0 Å². The molecule has 1 atom stereocenters. The standard InChI is InChI=1S/C17H23N7O/c1-12(2)5-6-17(3,25)10-20-14-13-9-23-24(15(13)22-11-21-14)16-18-7-4-8-19-16/h4,7-9,11-12,25H,5-6,10H2,1-3H3,(H,20,21,22). The number of hydrogen-bond donors (Lipinski definition) is 2. The van der Waals surface area contributed by atoms with Crippen molar-refractivity contribution in [3.05, 3.63) is 31.0 Å². The molecule has 132 valence electrons. The molecule has 3 heterocycles. The first-order valence-electron chi connectivity index (χ1n) is 8.39. The van der Waals surface area contributed by atoms with Crippen molar-refractivity contribution in [2.75, 3.05) is 11.9 Å². The highest BCUT2D eigenvalue weighted by atomic mass is 16.3. The van der Waals surface area contributed by atoms with Gasteiger partial charge in [0.25, 0.3) is 5.95 Å². The highest BCUT2D eigenvalue weighted by Crippen LogP contribution is 2.22. The molecule has 0 spiro atoms. The highest BCUT2D eigenvalue weighted by molar-refractivity contribution is 5.86. The van der Waals surface area contributed by atoms with E-state index < -0.39 is 5.60 Å². The van der Waals surface area contributed by atoms with Crippen LogP contribution in [0.15, 0.2) is 31.0 Å². The molecule has 8 heteroatoms. The van der Waals surface area contributed by atoms with Gasteiger partial charge in [0.05, 0.1) is 17.2 Å². The molecule has 0 aliphatic heterocycles. The normalized spacial score (nSPS) is 14.0. The maximum atomic E-state index is 10.5. The predicted molar refractivity (Wildman–Crippen MR) is 95.4 cm³/mol. The zero-order valence-electron chi connectivity index (χ0n) is 14.7. The molecule has 0 aromatic carbocycles. The van der Waals surface area contributed by atoms with Gasteiger partial charge in [-0.2, -0.15) is 9.78 Å². The molecule has 2 N–H and O–H groups in total. The Kier molecular flexibility index (Phi) is 4.89. The van der Waals surface area contributed by atoms with Crippen LogP contribution < -0.4 is 5.32 Å². The smallest absolute Gasteiger partial charge is 0.252 e. The van der Waals surface area contributed by atoms with Crippen LogP contribution >= 0.6 is 0 Å². The SMILES string of the molecule is CC(C)CCC(C)(O)CNc1ncnc2c1cnn2-c1ncccn1. The van der Waals surface area contributed by atoms with Gasteiger partial charge in [-0.25, -0.2) is 19.9 Å². The van der Waals surface area contributed by atoms with Gasteiger partial charge in [0.1, 0.15) is 12.1 Å². The summed E-state index contributed by atoms with van der Waals surface area (Å²) in [6, 6.07) is 1.75. The zero-order chi connectivity index (χ0) is 17.9. The first kappa shape index (κ1) is 17.2. The lowest BCUT2D eigenvalue weighted by Gasteiger charge is -2.24. The summed E-state index contributed by atoms with van der Waals surface area (Å²) in [6.07, 6.45) is 8.15. The molecule has 0 aliphatic rings. The first-order valence-corrected chi connectivity index (χ1v) is 8.39. The van der Waals surface area contributed by atoms with Gasteiger partial charge < -0.3 is 10.4 Å². The highest BCUT2D eigenvalue weighted by Gasteiger charge is 2.21. The van der Waals surface area contributed by atoms with E-state index in [1.165, 1.54) is 6.33 Å². The van der Waals surface area contributed by atoms with Crippen molar-refractivity contribution >= 4 is 16.9 Å². The third kappa shape index (κ3) is 4.08.